The fraction of sp³-hybridized carbons (Fsp3) is 0.0833. The van der Waals surface area contributed by atoms with Gasteiger partial charge in [0.2, 0.25) is 0 Å². The molecule has 0 amide bonds. The van der Waals surface area contributed by atoms with Gasteiger partial charge in [-0.2, -0.15) is 5.26 Å². The predicted molar refractivity (Wildman–Crippen MR) is 60.0 cm³/mol. The summed E-state index contributed by atoms with van der Waals surface area (Å²) in [6.45, 7) is 0. The molecule has 0 spiro atoms. The lowest BCUT2D eigenvalue weighted by Gasteiger charge is -2.22. The van der Waals surface area contributed by atoms with Gasteiger partial charge >= 0.3 is 0 Å². The molecule has 3 rings (SSSR count). The average Bonchev–Trinajstić information content (AvgIpc) is 2.77. The molecule has 1 aliphatic rings. The quantitative estimate of drug-likeness (QED) is 0.671. The summed E-state index contributed by atoms with van der Waals surface area (Å²) < 4.78 is 2.10. The Balaban J connectivity index is 2.28. The minimum absolute atomic E-state index is 0.0881. The van der Waals surface area contributed by atoms with Crippen molar-refractivity contribution in [3.05, 3.63) is 48.3 Å². The first-order valence-corrected chi connectivity index (χ1v) is 5.61. The van der Waals surface area contributed by atoms with Gasteiger partial charge in [0, 0.05) is 11.1 Å². The van der Waals surface area contributed by atoms with Gasteiger partial charge < -0.3 is 4.57 Å². The first-order chi connectivity index (χ1) is 7.40. The molecule has 1 atom stereocenters. The lowest BCUT2D eigenvalue weighted by molar-refractivity contribution is 0.924. The summed E-state index contributed by atoms with van der Waals surface area (Å²) in [5.74, 6) is 0. The standard InChI is InChI=1S/C12H8N2S/c13-8-12-10-5-3-7-14(10)9-4-1-2-6-11(9)15-12/h1-7,12H/t12-/m1/s1. The number of fused-ring (bicyclic) bond motifs is 3. The Labute approximate surface area is 92.1 Å². The van der Waals surface area contributed by atoms with Crippen LogP contribution in [0.2, 0.25) is 0 Å². The van der Waals surface area contributed by atoms with E-state index in [2.05, 4.69) is 22.8 Å². The molecule has 3 heteroatoms. The molecule has 72 valence electrons. The molecule has 15 heavy (non-hydrogen) atoms. The van der Waals surface area contributed by atoms with E-state index in [4.69, 9.17) is 5.26 Å². The van der Waals surface area contributed by atoms with E-state index in [1.54, 1.807) is 11.8 Å². The summed E-state index contributed by atoms with van der Waals surface area (Å²) in [6.07, 6.45) is 2.01. The first-order valence-electron chi connectivity index (χ1n) is 4.73. The van der Waals surface area contributed by atoms with Gasteiger partial charge in [0.05, 0.1) is 17.5 Å². The SMILES string of the molecule is N#C[C@H]1Sc2ccccc2-n2cccc21. The lowest BCUT2D eigenvalue weighted by Crippen LogP contribution is -2.08. The molecule has 0 unspecified atom stereocenters. The van der Waals surface area contributed by atoms with Crippen LogP contribution in [0.3, 0.4) is 0 Å². The summed E-state index contributed by atoms with van der Waals surface area (Å²) in [6, 6.07) is 14.5. The Morgan fingerprint density at radius 3 is 2.93 bits per heavy atom. The van der Waals surface area contributed by atoms with Crippen molar-refractivity contribution in [1.82, 2.24) is 4.57 Å². The molecule has 0 radical (unpaired) electrons. The number of benzene rings is 1. The van der Waals surface area contributed by atoms with Crippen LogP contribution in [-0.2, 0) is 0 Å². The Kier molecular flexibility index (Phi) is 1.83. The molecule has 0 saturated carbocycles. The highest BCUT2D eigenvalue weighted by Crippen LogP contribution is 2.43. The highest BCUT2D eigenvalue weighted by Gasteiger charge is 2.23. The van der Waals surface area contributed by atoms with E-state index in [-0.39, 0.29) is 5.25 Å². The summed E-state index contributed by atoms with van der Waals surface area (Å²) in [5.41, 5.74) is 2.25. The maximum Gasteiger partial charge on any atom is 0.137 e. The van der Waals surface area contributed by atoms with Crippen LogP contribution in [0.5, 0.6) is 0 Å². The minimum Gasteiger partial charge on any atom is -0.318 e. The van der Waals surface area contributed by atoms with Crippen molar-refractivity contribution < 1.29 is 0 Å². The van der Waals surface area contributed by atoms with Crippen molar-refractivity contribution in [2.45, 2.75) is 10.1 Å². The molecule has 2 aromatic rings. The molecule has 0 bridgehead atoms. The Hall–Kier alpha value is -1.66. The monoisotopic (exact) mass is 212 g/mol. The van der Waals surface area contributed by atoms with Crippen molar-refractivity contribution in [3.8, 4) is 11.8 Å². The number of nitriles is 1. The molecule has 2 nitrogen and oxygen atoms in total. The average molecular weight is 212 g/mol. The number of hydrogen-bond acceptors (Lipinski definition) is 2. The zero-order valence-corrected chi connectivity index (χ0v) is 8.74. The van der Waals surface area contributed by atoms with Crippen LogP contribution in [-0.4, -0.2) is 4.57 Å². The molecule has 1 aliphatic heterocycles. The molecule has 2 heterocycles. The van der Waals surface area contributed by atoms with Crippen LogP contribution in [0.4, 0.5) is 0 Å². The Morgan fingerprint density at radius 1 is 1.20 bits per heavy atom. The van der Waals surface area contributed by atoms with E-state index < -0.39 is 0 Å². The van der Waals surface area contributed by atoms with Crippen molar-refractivity contribution in [3.63, 3.8) is 0 Å². The third-order valence-corrected chi connectivity index (χ3v) is 3.72. The van der Waals surface area contributed by atoms with E-state index in [9.17, 15) is 0 Å². The van der Waals surface area contributed by atoms with E-state index in [0.29, 0.717) is 0 Å². The van der Waals surface area contributed by atoms with Gasteiger partial charge in [-0.15, -0.1) is 0 Å². The van der Waals surface area contributed by atoms with Crippen molar-refractivity contribution in [2.75, 3.05) is 0 Å². The van der Waals surface area contributed by atoms with Crippen LogP contribution in [0.1, 0.15) is 10.9 Å². The fourth-order valence-corrected chi connectivity index (χ4v) is 2.93. The number of thioether (sulfide) groups is 1. The van der Waals surface area contributed by atoms with Crippen molar-refractivity contribution >= 4 is 11.8 Å². The third-order valence-electron chi connectivity index (χ3n) is 2.54. The van der Waals surface area contributed by atoms with Gasteiger partial charge in [0.1, 0.15) is 5.25 Å². The summed E-state index contributed by atoms with van der Waals surface area (Å²) in [5, 5.41) is 9.01. The first kappa shape index (κ1) is 8.63. The van der Waals surface area contributed by atoms with E-state index in [1.165, 1.54) is 10.6 Å². The van der Waals surface area contributed by atoms with Crippen molar-refractivity contribution in [2.24, 2.45) is 0 Å². The molecule has 0 fully saturated rings. The molecule has 1 aromatic carbocycles. The van der Waals surface area contributed by atoms with Gasteiger partial charge in [-0.3, -0.25) is 0 Å². The normalized spacial score (nSPS) is 17.7. The summed E-state index contributed by atoms with van der Waals surface area (Å²) in [7, 11) is 0. The number of rotatable bonds is 0. The van der Waals surface area contributed by atoms with Crippen LogP contribution >= 0.6 is 11.8 Å². The van der Waals surface area contributed by atoms with Crippen LogP contribution in [0, 0.1) is 11.3 Å². The van der Waals surface area contributed by atoms with E-state index in [0.717, 1.165) is 5.69 Å². The molecule has 0 saturated heterocycles. The third kappa shape index (κ3) is 1.19. The highest BCUT2D eigenvalue weighted by atomic mass is 32.2. The number of para-hydroxylation sites is 1. The molecular formula is C12H8N2S. The topological polar surface area (TPSA) is 28.7 Å². The molecule has 1 aromatic heterocycles. The highest BCUT2D eigenvalue weighted by molar-refractivity contribution is 8.00. The zero-order chi connectivity index (χ0) is 10.3. The minimum atomic E-state index is -0.0881. The predicted octanol–water partition coefficient (Wildman–Crippen LogP) is 3.15. The van der Waals surface area contributed by atoms with Gasteiger partial charge in [0.15, 0.2) is 0 Å². The van der Waals surface area contributed by atoms with Crippen LogP contribution in [0.25, 0.3) is 5.69 Å². The zero-order valence-electron chi connectivity index (χ0n) is 7.92. The van der Waals surface area contributed by atoms with Gasteiger partial charge in [-0.25, -0.2) is 0 Å². The number of aromatic nitrogens is 1. The van der Waals surface area contributed by atoms with E-state index >= 15 is 0 Å². The Bertz CT molecular complexity index is 551. The summed E-state index contributed by atoms with van der Waals surface area (Å²) >= 11 is 1.62. The number of hydrogen-bond donors (Lipinski definition) is 0. The smallest absolute Gasteiger partial charge is 0.137 e. The molecule has 0 aliphatic carbocycles. The van der Waals surface area contributed by atoms with E-state index in [1.807, 2.05) is 30.5 Å². The van der Waals surface area contributed by atoms with Crippen molar-refractivity contribution in [1.29, 1.82) is 5.26 Å². The van der Waals surface area contributed by atoms with Gasteiger partial charge in [0.25, 0.3) is 0 Å². The maximum atomic E-state index is 9.10. The number of nitrogens with zero attached hydrogens (tertiary/aromatic N) is 2. The van der Waals surface area contributed by atoms with Gasteiger partial charge in [-0.1, -0.05) is 23.9 Å². The maximum absolute atomic E-state index is 9.10. The second kappa shape index (κ2) is 3.18. The van der Waals surface area contributed by atoms with Crippen LogP contribution < -0.4 is 0 Å². The second-order valence-corrected chi connectivity index (χ2v) is 4.54. The summed E-state index contributed by atoms with van der Waals surface area (Å²) in [4.78, 5) is 1.17. The largest absolute Gasteiger partial charge is 0.318 e. The molecular weight excluding hydrogens is 204 g/mol. The Morgan fingerprint density at radius 2 is 2.07 bits per heavy atom. The second-order valence-electron chi connectivity index (χ2n) is 3.40. The molecule has 0 N–H and O–H groups in total. The van der Waals surface area contributed by atoms with Gasteiger partial charge in [-0.05, 0) is 24.3 Å². The van der Waals surface area contributed by atoms with Crippen LogP contribution in [0.15, 0.2) is 47.5 Å². The lowest BCUT2D eigenvalue weighted by atomic mass is 10.2. The fourth-order valence-electron chi connectivity index (χ4n) is 1.86.